The fourth-order valence-electron chi connectivity index (χ4n) is 1.61. The molecule has 0 spiro atoms. The molecular weight excluding hydrogens is 218 g/mol. The fourth-order valence-corrected chi connectivity index (χ4v) is 1.61. The summed E-state index contributed by atoms with van der Waals surface area (Å²) in [6.45, 7) is 7.40. The molecule has 0 aliphatic carbocycles. The van der Waals surface area contributed by atoms with Crippen molar-refractivity contribution in [3.05, 3.63) is 24.2 Å². The molecule has 0 unspecified atom stereocenters. The van der Waals surface area contributed by atoms with Crippen molar-refractivity contribution in [1.29, 1.82) is 0 Å². The van der Waals surface area contributed by atoms with Gasteiger partial charge in [0.05, 0.1) is 12.7 Å². The van der Waals surface area contributed by atoms with Gasteiger partial charge in [0.2, 0.25) is 0 Å². The van der Waals surface area contributed by atoms with E-state index in [1.54, 1.807) is 12.3 Å². The van der Waals surface area contributed by atoms with Gasteiger partial charge in [0.25, 0.3) is 0 Å². The Balaban J connectivity index is 2.66. The summed E-state index contributed by atoms with van der Waals surface area (Å²) >= 11 is 0. The third kappa shape index (κ3) is 4.61. The molecule has 0 aliphatic rings. The van der Waals surface area contributed by atoms with Gasteiger partial charge in [0.1, 0.15) is 11.4 Å². The van der Waals surface area contributed by atoms with Crippen LogP contribution in [0.15, 0.2) is 22.8 Å². The highest BCUT2D eigenvalue weighted by molar-refractivity contribution is 5.71. The number of carbonyl (C=O) groups is 1. The molecule has 0 fully saturated rings. The van der Waals surface area contributed by atoms with Crippen molar-refractivity contribution < 1.29 is 13.9 Å². The Hall–Kier alpha value is -1.29. The first-order valence-electron chi connectivity index (χ1n) is 5.80. The molecule has 1 heterocycles. The maximum atomic E-state index is 11.7. The Bertz CT molecular complexity index is 349. The van der Waals surface area contributed by atoms with Crippen molar-refractivity contribution in [2.24, 2.45) is 5.73 Å². The highest BCUT2D eigenvalue weighted by Gasteiger charge is 2.25. The molecule has 2 atom stereocenters. The number of hydrogen-bond acceptors (Lipinski definition) is 4. The lowest BCUT2D eigenvalue weighted by molar-refractivity contribution is -0.155. The maximum Gasteiger partial charge on any atom is 0.307 e. The van der Waals surface area contributed by atoms with Crippen LogP contribution in [0.5, 0.6) is 0 Å². The first-order chi connectivity index (χ1) is 7.79. The molecular formula is C13H21NO3. The van der Waals surface area contributed by atoms with Crippen LogP contribution in [-0.4, -0.2) is 17.6 Å². The Morgan fingerprint density at radius 1 is 1.53 bits per heavy atom. The van der Waals surface area contributed by atoms with Crippen molar-refractivity contribution in [3.8, 4) is 0 Å². The van der Waals surface area contributed by atoms with Crippen LogP contribution in [0.3, 0.4) is 0 Å². The van der Waals surface area contributed by atoms with Crippen LogP contribution in [0.4, 0.5) is 0 Å². The zero-order valence-electron chi connectivity index (χ0n) is 10.9. The van der Waals surface area contributed by atoms with Gasteiger partial charge in [-0.2, -0.15) is 0 Å². The molecule has 17 heavy (non-hydrogen) atoms. The van der Waals surface area contributed by atoms with E-state index < -0.39 is 5.60 Å². The van der Waals surface area contributed by atoms with Crippen LogP contribution in [-0.2, 0) is 9.53 Å². The first-order valence-corrected chi connectivity index (χ1v) is 5.80. The van der Waals surface area contributed by atoms with E-state index in [4.69, 9.17) is 14.9 Å². The minimum absolute atomic E-state index is 0.139. The van der Waals surface area contributed by atoms with E-state index in [2.05, 4.69) is 0 Å². The van der Waals surface area contributed by atoms with Crippen LogP contribution in [0.2, 0.25) is 0 Å². The Kier molecular flexibility index (Phi) is 4.34. The number of rotatable bonds is 4. The second-order valence-electron chi connectivity index (χ2n) is 5.27. The summed E-state index contributed by atoms with van der Waals surface area (Å²) in [6, 6.07) is 3.46. The first kappa shape index (κ1) is 13.8. The topological polar surface area (TPSA) is 65.5 Å². The summed E-state index contributed by atoms with van der Waals surface area (Å²) in [6.07, 6.45) is 1.82. The third-order valence-corrected chi connectivity index (χ3v) is 2.35. The number of ether oxygens (including phenoxy) is 1. The zero-order valence-corrected chi connectivity index (χ0v) is 10.9. The van der Waals surface area contributed by atoms with Gasteiger partial charge in [-0.15, -0.1) is 0 Å². The van der Waals surface area contributed by atoms with Crippen LogP contribution >= 0.6 is 0 Å². The second-order valence-corrected chi connectivity index (χ2v) is 5.27. The molecule has 0 saturated carbocycles. The minimum Gasteiger partial charge on any atom is -0.469 e. The summed E-state index contributed by atoms with van der Waals surface area (Å²) in [5.41, 5.74) is 5.40. The fraction of sp³-hybridized carbons (Fsp3) is 0.615. The van der Waals surface area contributed by atoms with Crippen molar-refractivity contribution in [1.82, 2.24) is 0 Å². The maximum absolute atomic E-state index is 11.7. The van der Waals surface area contributed by atoms with Crippen molar-refractivity contribution in [2.75, 3.05) is 0 Å². The molecule has 0 radical (unpaired) electrons. The normalized spacial score (nSPS) is 15.4. The lowest BCUT2D eigenvalue weighted by Crippen LogP contribution is -2.30. The van der Waals surface area contributed by atoms with Crippen LogP contribution in [0.25, 0.3) is 0 Å². The third-order valence-electron chi connectivity index (χ3n) is 2.35. The molecule has 0 aromatic carbocycles. The van der Waals surface area contributed by atoms with Crippen molar-refractivity contribution in [3.63, 3.8) is 0 Å². The number of nitrogens with two attached hydrogens (primary N) is 1. The van der Waals surface area contributed by atoms with Gasteiger partial charge in [-0.3, -0.25) is 4.79 Å². The molecule has 0 saturated heterocycles. The molecule has 0 amide bonds. The molecule has 0 aliphatic heterocycles. The highest BCUT2D eigenvalue weighted by Crippen LogP contribution is 2.24. The Labute approximate surface area is 102 Å². The summed E-state index contributed by atoms with van der Waals surface area (Å²) in [4.78, 5) is 11.7. The second kappa shape index (κ2) is 5.36. The number of hydrogen-bond donors (Lipinski definition) is 1. The average Bonchev–Trinajstić information content (AvgIpc) is 2.63. The molecule has 4 heteroatoms. The van der Waals surface area contributed by atoms with Gasteiger partial charge < -0.3 is 14.9 Å². The minimum atomic E-state index is -0.470. The molecule has 1 aromatic heterocycles. The van der Waals surface area contributed by atoms with E-state index >= 15 is 0 Å². The zero-order chi connectivity index (χ0) is 13.1. The van der Waals surface area contributed by atoms with Crippen molar-refractivity contribution in [2.45, 2.75) is 51.7 Å². The summed E-state index contributed by atoms with van der Waals surface area (Å²) in [5, 5.41) is 0. The van der Waals surface area contributed by atoms with E-state index in [9.17, 15) is 4.79 Å². The molecule has 1 rings (SSSR count). The van der Waals surface area contributed by atoms with E-state index in [0.29, 0.717) is 0 Å². The van der Waals surface area contributed by atoms with E-state index in [-0.39, 0.29) is 24.3 Å². The van der Waals surface area contributed by atoms with E-state index in [1.807, 2.05) is 33.8 Å². The largest absolute Gasteiger partial charge is 0.469 e. The molecule has 4 nitrogen and oxygen atoms in total. The Morgan fingerprint density at radius 3 is 2.59 bits per heavy atom. The number of carbonyl (C=O) groups excluding carboxylic acids is 1. The van der Waals surface area contributed by atoms with Gasteiger partial charge in [0.15, 0.2) is 0 Å². The van der Waals surface area contributed by atoms with E-state index in [1.165, 1.54) is 0 Å². The average molecular weight is 239 g/mol. The Morgan fingerprint density at radius 2 is 2.18 bits per heavy atom. The lowest BCUT2D eigenvalue weighted by atomic mass is 9.95. The summed E-state index contributed by atoms with van der Waals surface area (Å²) < 4.78 is 10.6. The van der Waals surface area contributed by atoms with Crippen LogP contribution in [0, 0.1) is 0 Å². The highest BCUT2D eigenvalue weighted by atomic mass is 16.6. The van der Waals surface area contributed by atoms with Gasteiger partial charge in [0, 0.05) is 12.0 Å². The van der Waals surface area contributed by atoms with Crippen LogP contribution in [0.1, 0.15) is 45.8 Å². The van der Waals surface area contributed by atoms with Crippen LogP contribution < -0.4 is 5.73 Å². The molecule has 2 N–H and O–H groups in total. The van der Waals surface area contributed by atoms with Crippen molar-refractivity contribution >= 4 is 5.97 Å². The van der Waals surface area contributed by atoms with Gasteiger partial charge in [-0.05, 0) is 39.8 Å². The predicted molar refractivity (Wildman–Crippen MR) is 65.6 cm³/mol. The quantitative estimate of drug-likeness (QED) is 0.819. The van der Waals surface area contributed by atoms with Gasteiger partial charge in [-0.1, -0.05) is 0 Å². The number of esters is 1. The molecule has 0 bridgehead atoms. The summed E-state index contributed by atoms with van der Waals surface area (Å²) in [7, 11) is 0. The van der Waals surface area contributed by atoms with Gasteiger partial charge >= 0.3 is 5.97 Å². The monoisotopic (exact) mass is 239 g/mol. The van der Waals surface area contributed by atoms with E-state index in [0.717, 1.165) is 5.76 Å². The SMILES string of the molecule is C[C@H](N)[C@@H](CC(=O)OC(C)(C)C)c1ccco1. The predicted octanol–water partition coefficient (Wildman–Crippen LogP) is 2.44. The summed E-state index contributed by atoms with van der Waals surface area (Å²) in [5.74, 6) is 0.335. The number of furan rings is 1. The standard InChI is InChI=1S/C13H21NO3/c1-9(14)10(11-6-5-7-16-11)8-12(15)17-13(2,3)4/h5-7,9-10H,8,14H2,1-4H3/t9-,10+/m0/s1. The molecule has 96 valence electrons. The molecule has 1 aromatic rings. The smallest absolute Gasteiger partial charge is 0.307 e. The lowest BCUT2D eigenvalue weighted by Gasteiger charge is -2.23. The van der Waals surface area contributed by atoms with Gasteiger partial charge in [-0.25, -0.2) is 0 Å².